The van der Waals surface area contributed by atoms with Crippen LogP contribution >= 0.6 is 0 Å². The summed E-state index contributed by atoms with van der Waals surface area (Å²) in [6.07, 6.45) is 0.792. The fourth-order valence-corrected chi connectivity index (χ4v) is 5.95. The fraction of sp³-hybridized carbons (Fsp3) is 0.481. The van der Waals surface area contributed by atoms with E-state index < -0.39 is 16.1 Å². The van der Waals surface area contributed by atoms with Gasteiger partial charge in [-0.15, -0.1) is 0 Å². The van der Waals surface area contributed by atoms with Crippen LogP contribution in [0.15, 0.2) is 47.4 Å². The van der Waals surface area contributed by atoms with Crippen LogP contribution in [0.2, 0.25) is 0 Å². The van der Waals surface area contributed by atoms with Gasteiger partial charge in [0.25, 0.3) is 0 Å². The van der Waals surface area contributed by atoms with E-state index in [-0.39, 0.29) is 30.1 Å². The van der Waals surface area contributed by atoms with Crippen LogP contribution in [0.4, 0.5) is 0 Å². The second-order valence-corrected chi connectivity index (χ2v) is 11.0. The molecule has 1 aliphatic heterocycles. The van der Waals surface area contributed by atoms with Crippen molar-refractivity contribution < 1.29 is 23.0 Å². The van der Waals surface area contributed by atoms with Crippen molar-refractivity contribution in [3.8, 4) is 23.3 Å². The number of fused-ring (bicyclic) bond motifs is 1. The van der Waals surface area contributed by atoms with Gasteiger partial charge in [0.2, 0.25) is 10.0 Å². The van der Waals surface area contributed by atoms with Crippen LogP contribution in [-0.2, 0) is 10.0 Å². The first kappa shape index (κ1) is 27.0. The van der Waals surface area contributed by atoms with Gasteiger partial charge >= 0.3 is 0 Å². The summed E-state index contributed by atoms with van der Waals surface area (Å²) in [7, 11) is -0.211. The Kier molecular flexibility index (Phi) is 9.20. The monoisotopic (exact) mass is 500 g/mol. The molecule has 8 heteroatoms. The Morgan fingerprint density at radius 3 is 2.49 bits per heavy atom. The molecular formula is C27H36N2O5S. The number of hydrogen-bond acceptors (Lipinski definition) is 6. The molecule has 0 saturated carbocycles. The van der Waals surface area contributed by atoms with Crippen molar-refractivity contribution in [3.63, 3.8) is 0 Å². The first-order valence-corrected chi connectivity index (χ1v) is 13.4. The molecule has 0 bridgehead atoms. The van der Waals surface area contributed by atoms with Gasteiger partial charge in [-0.3, -0.25) is 0 Å². The second kappa shape index (κ2) is 11.9. The number of nitrogens with zero attached hydrogens (tertiary/aromatic N) is 2. The molecule has 2 aromatic rings. The van der Waals surface area contributed by atoms with Gasteiger partial charge in [-0.1, -0.05) is 25.7 Å². The van der Waals surface area contributed by atoms with Gasteiger partial charge in [0.1, 0.15) is 22.5 Å². The zero-order valence-corrected chi connectivity index (χ0v) is 22.0. The highest BCUT2D eigenvalue weighted by Crippen LogP contribution is 2.34. The van der Waals surface area contributed by atoms with E-state index in [1.54, 1.807) is 32.2 Å². The van der Waals surface area contributed by atoms with E-state index in [1.165, 1.54) is 4.31 Å². The highest BCUT2D eigenvalue weighted by atomic mass is 32.2. The maximum absolute atomic E-state index is 13.6. The summed E-state index contributed by atoms with van der Waals surface area (Å²) in [5, 5.41) is 9.78. The highest BCUT2D eigenvalue weighted by Gasteiger charge is 2.38. The Bertz CT molecular complexity index is 1150. The molecule has 1 heterocycles. The standard InChI is InChI=1S/C27H36N2O5S/c1-6-15-28(4)18-26-20(2)17-29(21(3)19-30)35(31,32)27-14-11-23(16-25(27)34-26)8-7-22-9-12-24(33-5)13-10-22/h9-14,16,20-21,26,30H,6,15,17-19H2,1-5H3/t20-,21-,26-/m0/s1. The summed E-state index contributed by atoms with van der Waals surface area (Å²) in [6, 6.07) is 11.8. The van der Waals surface area contributed by atoms with Crippen molar-refractivity contribution in [3.05, 3.63) is 53.6 Å². The van der Waals surface area contributed by atoms with Crippen molar-refractivity contribution in [2.24, 2.45) is 5.92 Å². The Hall–Kier alpha value is -2.57. The van der Waals surface area contributed by atoms with E-state index in [0.717, 1.165) is 24.3 Å². The number of ether oxygens (including phenoxy) is 2. The third kappa shape index (κ3) is 6.56. The van der Waals surface area contributed by atoms with Crippen LogP contribution in [-0.4, -0.2) is 75.3 Å². The molecule has 2 aromatic carbocycles. The lowest BCUT2D eigenvalue weighted by Crippen LogP contribution is -2.49. The number of rotatable bonds is 7. The summed E-state index contributed by atoms with van der Waals surface area (Å²) in [4.78, 5) is 2.30. The van der Waals surface area contributed by atoms with Gasteiger partial charge in [-0.05, 0) is 69.4 Å². The molecule has 0 unspecified atom stereocenters. The Morgan fingerprint density at radius 2 is 1.86 bits per heavy atom. The number of sulfonamides is 1. The molecule has 35 heavy (non-hydrogen) atoms. The second-order valence-electron chi connectivity index (χ2n) is 9.14. The number of likely N-dealkylation sites (N-methyl/N-ethyl adjacent to an activating group) is 1. The maximum atomic E-state index is 13.6. The number of aliphatic hydroxyl groups is 1. The third-order valence-corrected chi connectivity index (χ3v) is 8.22. The average molecular weight is 501 g/mol. The van der Waals surface area contributed by atoms with Crippen molar-refractivity contribution in [2.45, 2.75) is 44.2 Å². The summed E-state index contributed by atoms with van der Waals surface area (Å²) in [6.45, 7) is 7.44. The third-order valence-electron chi connectivity index (χ3n) is 6.21. The summed E-state index contributed by atoms with van der Waals surface area (Å²) in [5.41, 5.74) is 1.48. The first-order valence-electron chi connectivity index (χ1n) is 12.0. The lowest BCUT2D eigenvalue weighted by Gasteiger charge is -2.37. The SMILES string of the molecule is CCCN(C)C[C@@H]1Oc2cc(C#Cc3ccc(OC)cc3)ccc2S(=O)(=O)N([C@@H](C)CO)C[C@@H]1C. The number of aliphatic hydroxyl groups excluding tert-OH is 1. The molecule has 0 fully saturated rings. The Balaban J connectivity index is 2.03. The van der Waals surface area contributed by atoms with Gasteiger partial charge in [0, 0.05) is 36.2 Å². The van der Waals surface area contributed by atoms with Crippen molar-refractivity contribution in [1.29, 1.82) is 0 Å². The largest absolute Gasteiger partial charge is 0.497 e. The highest BCUT2D eigenvalue weighted by molar-refractivity contribution is 7.89. The molecule has 190 valence electrons. The molecule has 0 radical (unpaired) electrons. The predicted molar refractivity (Wildman–Crippen MR) is 137 cm³/mol. The van der Waals surface area contributed by atoms with E-state index in [0.29, 0.717) is 17.9 Å². The molecule has 0 aliphatic carbocycles. The average Bonchev–Trinajstić information content (AvgIpc) is 2.84. The molecule has 0 saturated heterocycles. The van der Waals surface area contributed by atoms with Gasteiger partial charge in [-0.2, -0.15) is 4.31 Å². The van der Waals surface area contributed by atoms with E-state index in [4.69, 9.17) is 9.47 Å². The molecule has 7 nitrogen and oxygen atoms in total. The van der Waals surface area contributed by atoms with Crippen LogP contribution < -0.4 is 9.47 Å². The van der Waals surface area contributed by atoms with E-state index in [9.17, 15) is 13.5 Å². The van der Waals surface area contributed by atoms with Gasteiger partial charge in [-0.25, -0.2) is 8.42 Å². The molecule has 0 spiro atoms. The first-order chi connectivity index (χ1) is 16.7. The van der Waals surface area contributed by atoms with Crippen molar-refractivity contribution in [1.82, 2.24) is 9.21 Å². The Morgan fingerprint density at radius 1 is 1.20 bits per heavy atom. The predicted octanol–water partition coefficient (Wildman–Crippen LogP) is 3.21. The minimum Gasteiger partial charge on any atom is -0.497 e. The van der Waals surface area contributed by atoms with Gasteiger partial charge in [0.05, 0.1) is 13.7 Å². The van der Waals surface area contributed by atoms with Crippen molar-refractivity contribution >= 4 is 10.0 Å². The Labute approximate surface area is 209 Å². The topological polar surface area (TPSA) is 79.3 Å². The molecule has 0 aromatic heterocycles. The van der Waals surface area contributed by atoms with E-state index in [2.05, 4.69) is 23.7 Å². The van der Waals surface area contributed by atoms with Gasteiger partial charge < -0.3 is 19.5 Å². The molecule has 3 atom stereocenters. The van der Waals surface area contributed by atoms with Crippen LogP contribution in [0, 0.1) is 17.8 Å². The van der Waals surface area contributed by atoms with Crippen LogP contribution in [0.5, 0.6) is 11.5 Å². The van der Waals surface area contributed by atoms with Crippen LogP contribution in [0.3, 0.4) is 0 Å². The normalized spacial score (nSPS) is 20.5. The molecule has 3 rings (SSSR count). The number of benzene rings is 2. The zero-order chi connectivity index (χ0) is 25.6. The summed E-state index contributed by atoms with van der Waals surface area (Å²) < 4.78 is 40.1. The van der Waals surface area contributed by atoms with Crippen LogP contribution in [0.1, 0.15) is 38.3 Å². The quantitative estimate of drug-likeness (QED) is 0.589. The summed E-state index contributed by atoms with van der Waals surface area (Å²) >= 11 is 0. The molecule has 1 N–H and O–H groups in total. The number of hydrogen-bond donors (Lipinski definition) is 1. The fourth-order valence-electron chi connectivity index (χ4n) is 4.12. The zero-order valence-electron chi connectivity index (χ0n) is 21.2. The van der Waals surface area contributed by atoms with Crippen molar-refractivity contribution in [2.75, 3.05) is 40.4 Å². The number of methoxy groups -OCH3 is 1. The van der Waals surface area contributed by atoms with E-state index >= 15 is 0 Å². The lowest BCUT2D eigenvalue weighted by molar-refractivity contribution is 0.0752. The maximum Gasteiger partial charge on any atom is 0.247 e. The van der Waals surface area contributed by atoms with Gasteiger partial charge in [0.15, 0.2) is 0 Å². The lowest BCUT2D eigenvalue weighted by atomic mass is 10.0. The summed E-state index contributed by atoms with van der Waals surface area (Å²) in [5.74, 6) is 7.19. The minimum absolute atomic E-state index is 0.0831. The minimum atomic E-state index is -3.87. The molecule has 0 amide bonds. The van der Waals surface area contributed by atoms with E-state index in [1.807, 2.05) is 38.2 Å². The van der Waals surface area contributed by atoms with Crippen LogP contribution in [0.25, 0.3) is 0 Å². The molecular weight excluding hydrogens is 464 g/mol. The smallest absolute Gasteiger partial charge is 0.247 e. The molecule has 1 aliphatic rings.